The van der Waals surface area contributed by atoms with Crippen molar-refractivity contribution in [1.29, 1.82) is 0 Å². The molecular formula is C28H46O3S. The molecular weight excluding hydrogens is 416 g/mol. The molecule has 0 aliphatic carbocycles. The number of hydrogen-bond donors (Lipinski definition) is 0. The molecule has 0 spiro atoms. The van der Waals surface area contributed by atoms with Gasteiger partial charge in [0.1, 0.15) is 0 Å². The van der Waals surface area contributed by atoms with Gasteiger partial charge in [-0.1, -0.05) is 81.5 Å². The third-order valence-corrected chi connectivity index (χ3v) is 7.02. The van der Waals surface area contributed by atoms with Gasteiger partial charge in [-0.3, -0.25) is 4.18 Å². The number of unbranched alkanes of at least 4 members (excludes halogenated alkanes) is 8. The van der Waals surface area contributed by atoms with Crippen LogP contribution >= 0.6 is 0 Å². The van der Waals surface area contributed by atoms with E-state index in [2.05, 4.69) is 38.2 Å². The van der Waals surface area contributed by atoms with Crippen LogP contribution < -0.4 is 0 Å². The molecule has 4 heteroatoms. The first-order valence-corrected chi connectivity index (χ1v) is 14.2. The van der Waals surface area contributed by atoms with Gasteiger partial charge in [0.05, 0.1) is 11.0 Å². The predicted molar refractivity (Wildman–Crippen MR) is 138 cm³/mol. The summed E-state index contributed by atoms with van der Waals surface area (Å²) in [6, 6.07) is 6.91. The van der Waals surface area contributed by atoms with Crippen LogP contribution in [0.25, 0.3) is 0 Å². The van der Waals surface area contributed by atoms with Crippen LogP contribution in [0.4, 0.5) is 0 Å². The third kappa shape index (κ3) is 13.9. The quantitative estimate of drug-likeness (QED) is 0.117. The van der Waals surface area contributed by atoms with E-state index >= 15 is 0 Å². The zero-order valence-corrected chi connectivity index (χ0v) is 21.5. The largest absolute Gasteiger partial charge is 0.297 e. The van der Waals surface area contributed by atoms with E-state index in [-0.39, 0.29) is 11.0 Å². The van der Waals surface area contributed by atoms with Crippen LogP contribution in [0.15, 0.2) is 53.5 Å². The highest BCUT2D eigenvalue weighted by molar-refractivity contribution is 7.86. The Morgan fingerprint density at radius 3 is 1.59 bits per heavy atom. The molecule has 1 aromatic rings. The van der Waals surface area contributed by atoms with Crippen LogP contribution in [0, 0.1) is 6.92 Å². The summed E-state index contributed by atoms with van der Waals surface area (Å²) in [5, 5.41) is 0. The minimum absolute atomic E-state index is 0.250. The van der Waals surface area contributed by atoms with Crippen LogP contribution in [-0.2, 0) is 14.3 Å². The van der Waals surface area contributed by atoms with Gasteiger partial charge in [0.25, 0.3) is 10.1 Å². The average Bonchev–Trinajstić information content (AvgIpc) is 2.77. The van der Waals surface area contributed by atoms with E-state index in [4.69, 9.17) is 4.18 Å². The van der Waals surface area contributed by atoms with Crippen molar-refractivity contribution in [1.82, 2.24) is 0 Å². The molecule has 182 valence electrons. The fourth-order valence-corrected chi connectivity index (χ4v) is 4.73. The molecule has 0 bridgehead atoms. The number of rotatable bonds is 19. The Morgan fingerprint density at radius 1 is 0.719 bits per heavy atom. The molecule has 0 saturated carbocycles. The number of hydrogen-bond acceptors (Lipinski definition) is 3. The van der Waals surface area contributed by atoms with E-state index in [1.807, 2.05) is 19.1 Å². The second kappa shape index (κ2) is 18.1. The van der Waals surface area contributed by atoms with E-state index in [0.717, 1.165) is 56.9 Å². The molecule has 0 fully saturated rings. The molecule has 0 N–H and O–H groups in total. The van der Waals surface area contributed by atoms with Crippen LogP contribution in [0.1, 0.15) is 109 Å². The van der Waals surface area contributed by atoms with Crippen LogP contribution in [0.2, 0.25) is 0 Å². The summed E-state index contributed by atoms with van der Waals surface area (Å²) in [6.07, 6.45) is 24.0. The van der Waals surface area contributed by atoms with Crippen LogP contribution in [0.3, 0.4) is 0 Å². The first-order chi connectivity index (χ1) is 15.5. The van der Waals surface area contributed by atoms with Crippen molar-refractivity contribution in [2.24, 2.45) is 0 Å². The lowest BCUT2D eigenvalue weighted by Gasteiger charge is -2.17. The highest BCUT2D eigenvalue weighted by atomic mass is 32.2. The van der Waals surface area contributed by atoms with Gasteiger partial charge in [0.2, 0.25) is 0 Å². The van der Waals surface area contributed by atoms with E-state index in [0.29, 0.717) is 0 Å². The monoisotopic (exact) mass is 462 g/mol. The number of benzene rings is 1. The molecule has 0 aromatic heterocycles. The fourth-order valence-electron chi connectivity index (χ4n) is 3.60. The molecule has 0 saturated heterocycles. The topological polar surface area (TPSA) is 43.4 Å². The Bertz CT molecular complexity index is 706. The zero-order valence-electron chi connectivity index (χ0n) is 20.7. The highest BCUT2D eigenvalue weighted by Gasteiger charge is 2.21. The lowest BCUT2D eigenvalue weighted by atomic mass is 10.1. The average molecular weight is 463 g/mol. The summed E-state index contributed by atoms with van der Waals surface area (Å²) >= 11 is 0. The minimum Gasteiger partial charge on any atom is -0.263 e. The standard InChI is InChI=1S/C28H46O3S/c1-4-6-8-10-12-14-16-18-20-27(21-19-17-15-13-11-9-7-5-2)31-32(29,30)28-24-22-26(3)23-25-28/h12-15,22-25,27H,4-11,16-21H2,1-3H3/b14-12-,15-13-. The van der Waals surface area contributed by atoms with E-state index in [9.17, 15) is 8.42 Å². The van der Waals surface area contributed by atoms with Gasteiger partial charge >= 0.3 is 0 Å². The summed E-state index contributed by atoms with van der Waals surface area (Å²) in [5.41, 5.74) is 1.04. The van der Waals surface area contributed by atoms with Gasteiger partial charge in [-0.2, -0.15) is 8.42 Å². The van der Waals surface area contributed by atoms with Crippen molar-refractivity contribution < 1.29 is 12.6 Å². The summed E-state index contributed by atoms with van der Waals surface area (Å²) in [6.45, 7) is 6.39. The molecule has 3 nitrogen and oxygen atoms in total. The Balaban J connectivity index is 2.54. The van der Waals surface area contributed by atoms with Crippen molar-refractivity contribution in [3.05, 3.63) is 54.1 Å². The molecule has 1 aromatic carbocycles. The van der Waals surface area contributed by atoms with E-state index < -0.39 is 10.1 Å². The molecule has 0 heterocycles. The molecule has 0 amide bonds. The van der Waals surface area contributed by atoms with Crippen molar-refractivity contribution >= 4 is 10.1 Å². The van der Waals surface area contributed by atoms with Gasteiger partial charge in [0, 0.05) is 0 Å². The Kier molecular flexibility index (Phi) is 16.2. The lowest BCUT2D eigenvalue weighted by molar-refractivity contribution is 0.183. The van der Waals surface area contributed by atoms with Crippen LogP contribution in [-0.4, -0.2) is 14.5 Å². The number of allylic oxidation sites excluding steroid dienone is 4. The first kappa shape index (κ1) is 28.6. The molecule has 0 atom stereocenters. The Labute approximate surface area is 198 Å². The fraction of sp³-hybridized carbons (Fsp3) is 0.643. The maximum Gasteiger partial charge on any atom is 0.297 e. The summed E-state index contributed by atoms with van der Waals surface area (Å²) in [7, 11) is -3.73. The molecule has 0 radical (unpaired) electrons. The minimum atomic E-state index is -3.73. The molecule has 1 rings (SSSR count). The molecule has 32 heavy (non-hydrogen) atoms. The summed E-state index contributed by atoms with van der Waals surface area (Å²) in [5.74, 6) is 0. The van der Waals surface area contributed by atoms with Crippen molar-refractivity contribution in [2.45, 2.75) is 122 Å². The molecule has 0 aliphatic heterocycles. The summed E-state index contributed by atoms with van der Waals surface area (Å²) in [4.78, 5) is 0.250. The number of aryl methyl sites for hydroxylation is 1. The van der Waals surface area contributed by atoms with Gasteiger partial charge < -0.3 is 0 Å². The van der Waals surface area contributed by atoms with E-state index in [1.165, 1.54) is 38.5 Å². The second-order valence-electron chi connectivity index (χ2n) is 8.78. The smallest absolute Gasteiger partial charge is 0.263 e. The van der Waals surface area contributed by atoms with Gasteiger partial charge in [-0.15, -0.1) is 0 Å². The third-order valence-electron chi connectivity index (χ3n) is 5.65. The maximum absolute atomic E-state index is 12.8. The SMILES string of the molecule is CCCCC/C=C\CCCC(CCC/C=C\CCCCC)OS(=O)(=O)c1ccc(C)cc1. The van der Waals surface area contributed by atoms with Gasteiger partial charge in [-0.05, 0) is 83.3 Å². The van der Waals surface area contributed by atoms with E-state index in [1.54, 1.807) is 12.1 Å². The second-order valence-corrected chi connectivity index (χ2v) is 10.4. The van der Waals surface area contributed by atoms with Crippen molar-refractivity contribution in [2.75, 3.05) is 0 Å². The maximum atomic E-state index is 12.8. The normalized spacial score (nSPS) is 12.5. The van der Waals surface area contributed by atoms with Gasteiger partial charge in [0.15, 0.2) is 0 Å². The van der Waals surface area contributed by atoms with Crippen molar-refractivity contribution in [3.8, 4) is 0 Å². The lowest BCUT2D eigenvalue weighted by Crippen LogP contribution is -2.19. The first-order valence-electron chi connectivity index (χ1n) is 12.8. The molecule has 0 aliphatic rings. The highest BCUT2D eigenvalue weighted by Crippen LogP contribution is 2.21. The zero-order chi connectivity index (χ0) is 23.5. The van der Waals surface area contributed by atoms with Gasteiger partial charge in [-0.25, -0.2) is 0 Å². The predicted octanol–water partition coefficient (Wildman–Crippen LogP) is 8.68. The molecule has 0 unspecified atom stereocenters. The summed E-state index contributed by atoms with van der Waals surface area (Å²) < 4.78 is 31.3. The van der Waals surface area contributed by atoms with Crippen LogP contribution in [0.5, 0.6) is 0 Å². The van der Waals surface area contributed by atoms with Crippen molar-refractivity contribution in [3.63, 3.8) is 0 Å². The Morgan fingerprint density at radius 2 is 1.16 bits per heavy atom. The Hall–Kier alpha value is -1.39.